The van der Waals surface area contributed by atoms with E-state index in [-0.39, 0.29) is 12.3 Å². The van der Waals surface area contributed by atoms with Crippen LogP contribution in [0.25, 0.3) is 10.8 Å². The molecule has 4 heteroatoms. The molecule has 25 heavy (non-hydrogen) atoms. The molecule has 3 rings (SSSR count). The van der Waals surface area contributed by atoms with E-state index in [1.807, 2.05) is 42.5 Å². The fraction of sp³-hybridized carbons (Fsp3) is 0.333. The van der Waals surface area contributed by atoms with Crippen molar-refractivity contribution in [2.45, 2.75) is 38.6 Å². The first-order valence-electron chi connectivity index (χ1n) is 8.72. The van der Waals surface area contributed by atoms with Gasteiger partial charge in [-0.15, -0.1) is 0 Å². The third-order valence-corrected chi connectivity index (χ3v) is 4.82. The lowest BCUT2D eigenvalue weighted by atomic mass is 9.98. The summed E-state index contributed by atoms with van der Waals surface area (Å²) in [7, 11) is 0. The number of carboxylic acids is 1. The van der Waals surface area contributed by atoms with Crippen molar-refractivity contribution < 1.29 is 14.7 Å². The summed E-state index contributed by atoms with van der Waals surface area (Å²) in [5.41, 5.74) is 2.03. The average Bonchev–Trinajstić information content (AvgIpc) is 2.99. The number of nitrogens with one attached hydrogen (secondary N) is 1. The number of carbonyl (C=O) groups excluding carboxylic acids is 1. The second-order valence-electron chi connectivity index (χ2n) is 6.89. The molecule has 0 heterocycles. The Bertz CT molecular complexity index is 820. The van der Waals surface area contributed by atoms with Crippen LogP contribution in [-0.4, -0.2) is 23.0 Å². The van der Waals surface area contributed by atoms with Gasteiger partial charge in [0.25, 0.3) is 0 Å². The van der Waals surface area contributed by atoms with Gasteiger partial charge in [0.2, 0.25) is 5.91 Å². The van der Waals surface area contributed by atoms with Gasteiger partial charge in [-0.25, -0.2) is 4.79 Å². The van der Waals surface area contributed by atoms with E-state index in [9.17, 15) is 14.7 Å². The zero-order valence-electron chi connectivity index (χ0n) is 14.4. The van der Waals surface area contributed by atoms with Gasteiger partial charge >= 0.3 is 5.97 Å². The van der Waals surface area contributed by atoms with E-state index in [0.717, 1.165) is 41.2 Å². The second-order valence-corrected chi connectivity index (χ2v) is 6.89. The molecule has 2 aromatic rings. The number of benzene rings is 2. The van der Waals surface area contributed by atoms with Crippen LogP contribution < -0.4 is 5.32 Å². The maximum atomic E-state index is 12.2. The van der Waals surface area contributed by atoms with Crippen LogP contribution in [0, 0.1) is 5.92 Å². The molecule has 2 aromatic carbocycles. The van der Waals surface area contributed by atoms with Crippen LogP contribution in [0.4, 0.5) is 0 Å². The summed E-state index contributed by atoms with van der Waals surface area (Å²) in [6.07, 6.45) is 4.80. The third-order valence-electron chi connectivity index (χ3n) is 4.82. The first kappa shape index (κ1) is 17.2. The maximum Gasteiger partial charge on any atom is 0.326 e. The van der Waals surface area contributed by atoms with Crippen LogP contribution in [0.3, 0.4) is 0 Å². The minimum absolute atomic E-state index is 0.266. The Morgan fingerprint density at radius 2 is 2.00 bits per heavy atom. The predicted octanol–water partition coefficient (Wildman–Crippen LogP) is 3.70. The summed E-state index contributed by atoms with van der Waals surface area (Å²) in [4.78, 5) is 23.9. The number of rotatable bonds is 5. The fourth-order valence-corrected chi connectivity index (χ4v) is 3.50. The van der Waals surface area contributed by atoms with Crippen LogP contribution in [0.2, 0.25) is 0 Å². The van der Waals surface area contributed by atoms with Gasteiger partial charge in [0.05, 0.1) is 0 Å². The molecule has 0 spiro atoms. The summed E-state index contributed by atoms with van der Waals surface area (Å²) >= 11 is 0. The summed E-state index contributed by atoms with van der Waals surface area (Å²) in [5, 5.41) is 14.3. The molecule has 1 unspecified atom stereocenters. The van der Waals surface area contributed by atoms with Crippen molar-refractivity contribution in [1.29, 1.82) is 0 Å². The number of carbonyl (C=O) groups is 2. The molecule has 0 aromatic heterocycles. The smallest absolute Gasteiger partial charge is 0.326 e. The Labute approximate surface area is 147 Å². The van der Waals surface area contributed by atoms with Crippen molar-refractivity contribution in [2.75, 3.05) is 0 Å². The maximum absolute atomic E-state index is 12.2. The van der Waals surface area contributed by atoms with Crippen molar-refractivity contribution in [1.82, 2.24) is 5.32 Å². The molecular weight excluding hydrogens is 314 g/mol. The highest BCUT2D eigenvalue weighted by Gasteiger charge is 2.22. The Balaban J connectivity index is 1.75. The Morgan fingerprint density at radius 3 is 2.72 bits per heavy atom. The van der Waals surface area contributed by atoms with E-state index < -0.39 is 12.0 Å². The average molecular weight is 337 g/mol. The Kier molecular flexibility index (Phi) is 5.17. The molecule has 0 bridgehead atoms. The number of allylic oxidation sites excluding steroid dienone is 1. The van der Waals surface area contributed by atoms with Crippen molar-refractivity contribution in [3.8, 4) is 0 Å². The number of fused-ring (bicyclic) bond motifs is 1. The number of carboxylic acid groups (broad SMARTS) is 1. The van der Waals surface area contributed by atoms with Gasteiger partial charge in [-0.1, -0.05) is 55.0 Å². The zero-order chi connectivity index (χ0) is 17.8. The van der Waals surface area contributed by atoms with Gasteiger partial charge in [0, 0.05) is 12.5 Å². The Hall–Kier alpha value is -2.62. The molecule has 0 saturated heterocycles. The quantitative estimate of drug-likeness (QED) is 0.818. The molecule has 0 aliphatic heterocycles. The van der Waals surface area contributed by atoms with Gasteiger partial charge in [-0.3, -0.25) is 4.79 Å². The number of hydrogen-bond donors (Lipinski definition) is 2. The fourth-order valence-electron chi connectivity index (χ4n) is 3.50. The lowest BCUT2D eigenvalue weighted by Gasteiger charge is -2.15. The van der Waals surface area contributed by atoms with E-state index >= 15 is 0 Å². The van der Waals surface area contributed by atoms with E-state index in [1.165, 1.54) is 0 Å². The summed E-state index contributed by atoms with van der Waals surface area (Å²) in [6, 6.07) is 12.8. The van der Waals surface area contributed by atoms with Crippen molar-refractivity contribution in [3.05, 3.63) is 59.7 Å². The molecular formula is C21H23NO3. The minimum Gasteiger partial charge on any atom is -0.480 e. The van der Waals surface area contributed by atoms with Gasteiger partial charge in [0.1, 0.15) is 6.04 Å². The molecule has 0 radical (unpaired) electrons. The van der Waals surface area contributed by atoms with E-state index in [4.69, 9.17) is 0 Å². The van der Waals surface area contributed by atoms with Crippen molar-refractivity contribution >= 4 is 22.6 Å². The molecule has 1 aliphatic carbocycles. The summed E-state index contributed by atoms with van der Waals surface area (Å²) < 4.78 is 0. The number of hydrogen-bond acceptors (Lipinski definition) is 2. The molecule has 1 amide bonds. The SMILES string of the molecule is CC1CC/C(=C\C(=O)N[C@@H](Cc2cccc3ccccc23)C(=O)O)C1. The van der Waals surface area contributed by atoms with E-state index in [2.05, 4.69) is 12.2 Å². The largest absolute Gasteiger partial charge is 0.480 e. The summed E-state index contributed by atoms with van der Waals surface area (Å²) in [6.45, 7) is 2.17. The van der Waals surface area contributed by atoms with Crippen molar-refractivity contribution in [3.63, 3.8) is 0 Å². The topological polar surface area (TPSA) is 66.4 Å². The third kappa shape index (κ3) is 4.27. The number of aliphatic carboxylic acids is 1. The second kappa shape index (κ2) is 7.51. The Morgan fingerprint density at radius 1 is 1.24 bits per heavy atom. The lowest BCUT2D eigenvalue weighted by molar-refractivity contribution is -0.141. The van der Waals surface area contributed by atoms with Crippen LogP contribution >= 0.6 is 0 Å². The molecule has 130 valence electrons. The first-order chi connectivity index (χ1) is 12.0. The molecule has 1 aliphatic rings. The molecule has 1 fully saturated rings. The zero-order valence-corrected chi connectivity index (χ0v) is 14.4. The highest BCUT2D eigenvalue weighted by atomic mass is 16.4. The summed E-state index contributed by atoms with van der Waals surface area (Å²) in [5.74, 6) is -0.721. The monoisotopic (exact) mass is 337 g/mol. The molecule has 2 N–H and O–H groups in total. The lowest BCUT2D eigenvalue weighted by Crippen LogP contribution is -2.41. The molecule has 1 saturated carbocycles. The van der Waals surface area contributed by atoms with Crippen LogP contribution in [0.1, 0.15) is 31.7 Å². The normalized spacial score (nSPS) is 19.9. The molecule has 2 atom stereocenters. The van der Waals surface area contributed by atoms with Gasteiger partial charge in [0.15, 0.2) is 0 Å². The first-order valence-corrected chi connectivity index (χ1v) is 8.72. The standard InChI is InChI=1S/C21H23NO3/c1-14-9-10-15(11-14)12-20(23)22-19(21(24)25)13-17-7-4-6-16-5-2-3-8-18(16)17/h2-8,12,14,19H,9-11,13H2,1H3,(H,22,23)(H,24,25)/b15-12+/t14?,19-/m0/s1. The van der Waals surface area contributed by atoms with Crippen molar-refractivity contribution in [2.24, 2.45) is 5.92 Å². The van der Waals surface area contributed by atoms with Crippen LogP contribution in [0.15, 0.2) is 54.1 Å². The molecule has 4 nitrogen and oxygen atoms in total. The van der Waals surface area contributed by atoms with E-state index in [1.54, 1.807) is 6.08 Å². The van der Waals surface area contributed by atoms with Gasteiger partial charge in [-0.05, 0) is 41.5 Å². The predicted molar refractivity (Wildman–Crippen MR) is 98.3 cm³/mol. The minimum atomic E-state index is -1.01. The van der Waals surface area contributed by atoms with Crippen LogP contribution in [0.5, 0.6) is 0 Å². The number of amides is 1. The highest BCUT2D eigenvalue weighted by Crippen LogP contribution is 2.29. The highest BCUT2D eigenvalue weighted by molar-refractivity contribution is 5.92. The van der Waals surface area contributed by atoms with Crippen LogP contribution in [-0.2, 0) is 16.0 Å². The van der Waals surface area contributed by atoms with E-state index in [0.29, 0.717) is 5.92 Å². The van der Waals surface area contributed by atoms with Gasteiger partial charge < -0.3 is 10.4 Å². The van der Waals surface area contributed by atoms with Gasteiger partial charge in [-0.2, -0.15) is 0 Å².